The van der Waals surface area contributed by atoms with Crippen molar-refractivity contribution in [1.82, 2.24) is 5.32 Å². The number of unbranched alkanes of at least 4 members (excludes halogenated alkanes) is 7. The van der Waals surface area contributed by atoms with Crippen LogP contribution in [0.4, 0.5) is 0 Å². The van der Waals surface area contributed by atoms with Crippen LogP contribution in [0.15, 0.2) is 97.2 Å². The summed E-state index contributed by atoms with van der Waals surface area (Å²) in [5.74, 6) is -0.205. The molecule has 1 amide bonds. The van der Waals surface area contributed by atoms with Crippen LogP contribution < -0.4 is 10.2 Å². The molecular weight excluding hydrogens is 707 g/mol. The van der Waals surface area contributed by atoms with Crippen molar-refractivity contribution < 1.29 is 32.9 Å². The smallest absolute Gasteiger partial charge is 0.268 e. The maximum atomic E-state index is 12.7. The van der Waals surface area contributed by atoms with Gasteiger partial charge in [-0.05, 0) is 77.0 Å². The van der Waals surface area contributed by atoms with Gasteiger partial charge in [0.25, 0.3) is 7.82 Å². The molecule has 0 fully saturated rings. The van der Waals surface area contributed by atoms with E-state index < -0.39 is 20.0 Å². The highest BCUT2D eigenvalue weighted by molar-refractivity contribution is 7.45. The van der Waals surface area contributed by atoms with Crippen LogP contribution in [0.5, 0.6) is 0 Å². The summed E-state index contributed by atoms with van der Waals surface area (Å²) in [6, 6.07) is -0.816. The van der Waals surface area contributed by atoms with E-state index in [0.29, 0.717) is 23.9 Å². The first-order chi connectivity index (χ1) is 26.5. The van der Waals surface area contributed by atoms with E-state index in [1.54, 1.807) is 0 Å². The number of aliphatic hydroxyl groups is 1. The lowest BCUT2D eigenvalue weighted by molar-refractivity contribution is -0.870. The molecule has 9 heteroatoms. The number of allylic oxidation sites excluding steroid dienone is 16. The molecule has 2 N–H and O–H groups in total. The highest BCUT2D eigenvalue weighted by Gasteiger charge is 2.24. The molecule has 0 aliphatic rings. The van der Waals surface area contributed by atoms with Gasteiger partial charge in [-0.1, -0.05) is 150 Å². The number of hydrogen-bond acceptors (Lipinski definition) is 6. The number of carbonyl (C=O) groups excluding carboxylic acids is 1. The monoisotopic (exact) mass is 787 g/mol. The molecular formula is C46H79N2O6P. The van der Waals surface area contributed by atoms with Gasteiger partial charge in [-0.3, -0.25) is 9.36 Å². The lowest BCUT2D eigenvalue weighted by atomic mass is 10.0. The van der Waals surface area contributed by atoms with Crippen LogP contribution in [0, 0.1) is 0 Å². The van der Waals surface area contributed by atoms with Gasteiger partial charge < -0.3 is 28.8 Å². The third kappa shape index (κ3) is 39.5. The summed E-state index contributed by atoms with van der Waals surface area (Å²) >= 11 is 0. The zero-order chi connectivity index (χ0) is 40.7. The van der Waals surface area contributed by atoms with E-state index >= 15 is 0 Å². The summed E-state index contributed by atoms with van der Waals surface area (Å²) in [6.45, 7) is 4.41. The van der Waals surface area contributed by atoms with Gasteiger partial charge in [0.05, 0.1) is 39.9 Å². The van der Waals surface area contributed by atoms with E-state index in [4.69, 9.17) is 9.05 Å². The first-order valence-electron chi connectivity index (χ1n) is 21.1. The van der Waals surface area contributed by atoms with Gasteiger partial charge in [-0.15, -0.1) is 0 Å². The third-order valence-corrected chi connectivity index (χ3v) is 9.55. The van der Waals surface area contributed by atoms with Crippen LogP contribution >= 0.6 is 7.82 Å². The van der Waals surface area contributed by atoms with E-state index in [1.807, 2.05) is 21.1 Å². The molecule has 0 aliphatic carbocycles. The number of nitrogens with one attached hydrogen (secondary N) is 1. The molecule has 8 nitrogen and oxygen atoms in total. The maximum Gasteiger partial charge on any atom is 0.268 e. The third-order valence-electron chi connectivity index (χ3n) is 8.59. The minimum absolute atomic E-state index is 0.000553. The Morgan fingerprint density at radius 3 is 1.58 bits per heavy atom. The summed E-state index contributed by atoms with van der Waals surface area (Å²) in [4.78, 5) is 25.0. The highest BCUT2D eigenvalue weighted by atomic mass is 31.2. The molecule has 3 unspecified atom stereocenters. The summed E-state index contributed by atoms with van der Waals surface area (Å²) in [5, 5.41) is 13.6. The predicted octanol–water partition coefficient (Wildman–Crippen LogP) is 10.9. The van der Waals surface area contributed by atoms with Gasteiger partial charge in [0.15, 0.2) is 0 Å². The second-order valence-corrected chi connectivity index (χ2v) is 16.4. The fourth-order valence-corrected chi connectivity index (χ4v) is 5.95. The second kappa shape index (κ2) is 37.0. The second-order valence-electron chi connectivity index (χ2n) is 15.0. The maximum absolute atomic E-state index is 12.7. The van der Waals surface area contributed by atoms with Crippen LogP contribution in [-0.2, 0) is 18.4 Å². The van der Waals surface area contributed by atoms with Crippen LogP contribution in [-0.4, -0.2) is 68.5 Å². The van der Waals surface area contributed by atoms with Crippen molar-refractivity contribution in [3.8, 4) is 0 Å². The Bertz CT molecular complexity index is 1210. The number of rotatable bonds is 36. The number of quaternary nitrogens is 1. The Morgan fingerprint density at radius 2 is 1.11 bits per heavy atom. The largest absolute Gasteiger partial charge is 0.756 e. The van der Waals surface area contributed by atoms with Crippen LogP contribution in [0.25, 0.3) is 0 Å². The summed E-state index contributed by atoms with van der Waals surface area (Å²) in [7, 11) is 1.26. The van der Waals surface area contributed by atoms with Gasteiger partial charge in [0.1, 0.15) is 13.2 Å². The summed E-state index contributed by atoms with van der Waals surface area (Å²) < 4.78 is 22.9. The highest BCUT2D eigenvalue weighted by Crippen LogP contribution is 2.38. The molecule has 3 atom stereocenters. The van der Waals surface area contributed by atoms with Gasteiger partial charge >= 0.3 is 0 Å². The van der Waals surface area contributed by atoms with Crippen molar-refractivity contribution >= 4 is 13.7 Å². The molecule has 0 aromatic carbocycles. The molecule has 55 heavy (non-hydrogen) atoms. The molecule has 0 saturated heterocycles. The zero-order valence-electron chi connectivity index (χ0n) is 35.3. The Balaban J connectivity index is 4.12. The average molecular weight is 787 g/mol. The molecule has 314 valence electrons. The van der Waals surface area contributed by atoms with Crippen molar-refractivity contribution in [2.75, 3.05) is 40.9 Å². The van der Waals surface area contributed by atoms with Gasteiger partial charge in [-0.25, -0.2) is 0 Å². The van der Waals surface area contributed by atoms with Crippen LogP contribution in [0.3, 0.4) is 0 Å². The number of likely N-dealkylation sites (N-methyl/N-ethyl adjacent to an activating group) is 1. The molecule has 0 spiro atoms. The molecule has 0 saturated carbocycles. The van der Waals surface area contributed by atoms with Crippen molar-refractivity contribution in [2.24, 2.45) is 0 Å². The fourth-order valence-electron chi connectivity index (χ4n) is 5.23. The Hall–Kier alpha value is -2.58. The standard InChI is InChI=1S/C46H79N2O6P/c1-6-8-10-12-13-14-15-16-17-18-19-20-21-22-23-24-25-26-27-28-29-30-31-32-33-34-35-36-38-40-46(50)47-44(45(49)39-37-11-9-7-2)43-54-55(51,52)53-42-41-48(3,4)5/h8,10,13-14,16-17,19-20,22-23,25-26,28-29,31-32,44-45,49H,6-7,9,11-12,15,18,21,24,27,30,33-43H2,1-5H3,(H-,47,50,51,52)/b10-8-,14-13-,17-16-,20-19-,23-22-,26-25-,29-28-,32-31-. The Labute approximate surface area is 337 Å². The summed E-state index contributed by atoms with van der Waals surface area (Å²) in [6.07, 6.45) is 51.9. The number of carbonyl (C=O) groups is 1. The number of hydrogen-bond donors (Lipinski definition) is 2. The number of amides is 1. The normalized spacial score (nSPS) is 15.4. The minimum atomic E-state index is -4.56. The first kappa shape index (κ1) is 52.4. The zero-order valence-corrected chi connectivity index (χ0v) is 36.2. The molecule has 0 rings (SSSR count). The molecule has 0 radical (unpaired) electrons. The van der Waals surface area contributed by atoms with Gasteiger partial charge in [0, 0.05) is 6.42 Å². The molecule has 0 heterocycles. The number of aliphatic hydroxyl groups excluding tert-OH is 1. The van der Waals surface area contributed by atoms with Crippen LogP contribution in [0.1, 0.15) is 136 Å². The molecule has 0 aliphatic heterocycles. The average Bonchev–Trinajstić information content (AvgIpc) is 3.13. The quantitative estimate of drug-likeness (QED) is 0.0283. The predicted molar refractivity (Wildman–Crippen MR) is 233 cm³/mol. The van der Waals surface area contributed by atoms with Crippen LogP contribution in [0.2, 0.25) is 0 Å². The van der Waals surface area contributed by atoms with Crippen molar-refractivity contribution in [1.29, 1.82) is 0 Å². The number of phosphoric ester groups is 1. The lowest BCUT2D eigenvalue weighted by Crippen LogP contribution is -2.46. The van der Waals surface area contributed by atoms with E-state index in [-0.39, 0.29) is 19.1 Å². The number of nitrogens with zero attached hydrogens (tertiary/aromatic N) is 1. The van der Waals surface area contributed by atoms with E-state index in [9.17, 15) is 19.4 Å². The van der Waals surface area contributed by atoms with Crippen molar-refractivity contribution in [3.63, 3.8) is 0 Å². The molecule has 0 bridgehead atoms. The minimum Gasteiger partial charge on any atom is -0.756 e. The van der Waals surface area contributed by atoms with Crippen molar-refractivity contribution in [2.45, 2.75) is 148 Å². The van der Waals surface area contributed by atoms with E-state index in [2.05, 4.69) is 116 Å². The van der Waals surface area contributed by atoms with Gasteiger partial charge in [0.2, 0.25) is 5.91 Å². The molecule has 0 aromatic heterocycles. The van der Waals surface area contributed by atoms with Gasteiger partial charge in [-0.2, -0.15) is 0 Å². The fraction of sp³-hybridized carbons (Fsp3) is 0.630. The topological polar surface area (TPSA) is 108 Å². The van der Waals surface area contributed by atoms with E-state index in [0.717, 1.165) is 109 Å². The Kier molecular flexibility index (Phi) is 35.3. The molecule has 0 aromatic rings. The first-order valence-corrected chi connectivity index (χ1v) is 22.5. The van der Waals surface area contributed by atoms with E-state index in [1.165, 1.54) is 0 Å². The summed E-state index contributed by atoms with van der Waals surface area (Å²) in [5.41, 5.74) is 0. The Morgan fingerprint density at radius 1 is 0.655 bits per heavy atom. The SMILES string of the molecule is CC/C=C\C/C=C\C/C=C\C/C=C\C/C=C\C/C=C\C/C=C\C/C=C\CCCCCCC(=O)NC(COP(=O)([O-])OCC[N+](C)(C)C)C(O)CCCCCC. The van der Waals surface area contributed by atoms with Crippen molar-refractivity contribution in [3.05, 3.63) is 97.2 Å². The lowest BCUT2D eigenvalue weighted by Gasteiger charge is -2.30. The number of phosphoric acid groups is 1.